The second-order valence-corrected chi connectivity index (χ2v) is 4.52. The van der Waals surface area contributed by atoms with Crippen molar-refractivity contribution in [1.29, 1.82) is 0 Å². The molecule has 1 unspecified atom stereocenters. The van der Waals surface area contributed by atoms with Gasteiger partial charge in [0.25, 0.3) is 0 Å². The number of carbonyl (C=O) groups is 1. The van der Waals surface area contributed by atoms with Gasteiger partial charge in [0.15, 0.2) is 0 Å². The van der Waals surface area contributed by atoms with Crippen molar-refractivity contribution in [2.75, 3.05) is 19.7 Å². The summed E-state index contributed by atoms with van der Waals surface area (Å²) >= 11 is 0. The van der Waals surface area contributed by atoms with Crippen LogP contribution in [0, 0.1) is 0 Å². The quantitative estimate of drug-likeness (QED) is 0.683. The molecule has 2 atom stereocenters. The van der Waals surface area contributed by atoms with E-state index in [-0.39, 0.29) is 24.6 Å². The smallest absolute Gasteiger partial charge is 0.237 e. The van der Waals surface area contributed by atoms with Gasteiger partial charge in [0, 0.05) is 12.6 Å². The highest BCUT2D eigenvalue weighted by Gasteiger charge is 2.34. The van der Waals surface area contributed by atoms with E-state index in [1.807, 2.05) is 0 Å². The Morgan fingerprint density at radius 3 is 3.00 bits per heavy atom. The monoisotopic (exact) mass is 212 g/mol. The lowest BCUT2D eigenvalue weighted by Crippen LogP contribution is -2.48. The molecule has 0 aromatic rings. The Labute approximate surface area is 90.6 Å². The molecule has 0 radical (unpaired) electrons. The van der Waals surface area contributed by atoms with Crippen LogP contribution in [0.25, 0.3) is 0 Å². The number of likely N-dealkylation sites (tertiary alicyclic amines) is 1. The molecular formula is C11H20N2O2. The number of hydrogen-bond acceptors (Lipinski definition) is 3. The first-order chi connectivity index (χ1) is 7.33. The SMILES string of the molecule is O=C1NCCCCC1N1CCC[C@H]1CO. The molecule has 4 nitrogen and oxygen atoms in total. The number of aliphatic hydroxyl groups is 1. The van der Waals surface area contributed by atoms with Gasteiger partial charge < -0.3 is 10.4 Å². The molecule has 2 heterocycles. The van der Waals surface area contributed by atoms with Crippen molar-refractivity contribution in [1.82, 2.24) is 10.2 Å². The van der Waals surface area contributed by atoms with Crippen LogP contribution in [0.15, 0.2) is 0 Å². The predicted molar refractivity (Wildman–Crippen MR) is 57.5 cm³/mol. The summed E-state index contributed by atoms with van der Waals surface area (Å²) in [6, 6.07) is 0.214. The minimum absolute atomic E-state index is 0.00662. The Morgan fingerprint density at radius 1 is 1.33 bits per heavy atom. The van der Waals surface area contributed by atoms with Crippen LogP contribution in [0.3, 0.4) is 0 Å². The normalized spacial score (nSPS) is 33.8. The molecule has 2 rings (SSSR count). The van der Waals surface area contributed by atoms with Gasteiger partial charge in [-0.25, -0.2) is 0 Å². The van der Waals surface area contributed by atoms with Gasteiger partial charge >= 0.3 is 0 Å². The molecule has 2 aliphatic heterocycles. The van der Waals surface area contributed by atoms with E-state index >= 15 is 0 Å². The fraction of sp³-hybridized carbons (Fsp3) is 0.909. The predicted octanol–water partition coefficient (Wildman–Crippen LogP) is 0.112. The van der Waals surface area contributed by atoms with Gasteiger partial charge in [0.05, 0.1) is 12.6 Å². The summed E-state index contributed by atoms with van der Waals surface area (Å²) in [6.07, 6.45) is 5.27. The van der Waals surface area contributed by atoms with Crippen LogP contribution in [-0.2, 0) is 4.79 Å². The van der Waals surface area contributed by atoms with Gasteiger partial charge in [-0.15, -0.1) is 0 Å². The molecule has 0 spiro atoms. The van der Waals surface area contributed by atoms with E-state index < -0.39 is 0 Å². The molecule has 4 heteroatoms. The van der Waals surface area contributed by atoms with Gasteiger partial charge in [0.2, 0.25) is 5.91 Å². The first-order valence-electron chi connectivity index (χ1n) is 5.97. The lowest BCUT2D eigenvalue weighted by molar-refractivity contribution is -0.126. The maximum Gasteiger partial charge on any atom is 0.237 e. The highest BCUT2D eigenvalue weighted by molar-refractivity contribution is 5.82. The average molecular weight is 212 g/mol. The standard InChI is InChI=1S/C11H20N2O2/c14-8-9-4-3-7-13(9)10-5-1-2-6-12-11(10)15/h9-10,14H,1-8H2,(H,12,15)/t9-,10?/m0/s1. The van der Waals surface area contributed by atoms with Crippen molar-refractivity contribution in [3.05, 3.63) is 0 Å². The summed E-state index contributed by atoms with van der Waals surface area (Å²) in [5.41, 5.74) is 0. The Morgan fingerprint density at radius 2 is 2.20 bits per heavy atom. The summed E-state index contributed by atoms with van der Waals surface area (Å²) in [5.74, 6) is 0.160. The fourth-order valence-electron chi connectivity index (χ4n) is 2.70. The number of aliphatic hydroxyl groups excluding tert-OH is 1. The third-order valence-corrected chi connectivity index (χ3v) is 3.54. The van der Waals surface area contributed by atoms with Crippen molar-refractivity contribution in [2.24, 2.45) is 0 Å². The molecule has 15 heavy (non-hydrogen) atoms. The molecule has 2 aliphatic rings. The summed E-state index contributed by atoms with van der Waals surface area (Å²) in [5, 5.41) is 12.2. The van der Waals surface area contributed by atoms with E-state index in [0.717, 1.165) is 45.2 Å². The van der Waals surface area contributed by atoms with Gasteiger partial charge in [-0.05, 0) is 38.6 Å². The number of carbonyl (C=O) groups excluding carboxylic acids is 1. The van der Waals surface area contributed by atoms with Crippen LogP contribution < -0.4 is 5.32 Å². The Bertz CT molecular complexity index is 233. The van der Waals surface area contributed by atoms with Crippen LogP contribution in [0.5, 0.6) is 0 Å². The molecule has 86 valence electrons. The molecule has 2 fully saturated rings. The Kier molecular flexibility index (Phi) is 3.59. The van der Waals surface area contributed by atoms with Gasteiger partial charge in [-0.2, -0.15) is 0 Å². The number of hydrogen-bond donors (Lipinski definition) is 2. The van der Waals surface area contributed by atoms with E-state index in [2.05, 4.69) is 10.2 Å². The van der Waals surface area contributed by atoms with Crippen molar-refractivity contribution in [2.45, 2.75) is 44.2 Å². The summed E-state index contributed by atoms with van der Waals surface area (Å²) in [4.78, 5) is 14.0. The Balaban J connectivity index is 2.03. The van der Waals surface area contributed by atoms with Crippen LogP contribution in [0.2, 0.25) is 0 Å². The van der Waals surface area contributed by atoms with Crippen LogP contribution in [0.4, 0.5) is 0 Å². The van der Waals surface area contributed by atoms with E-state index in [4.69, 9.17) is 0 Å². The highest BCUT2D eigenvalue weighted by Crippen LogP contribution is 2.23. The zero-order valence-electron chi connectivity index (χ0n) is 9.11. The average Bonchev–Trinajstić information content (AvgIpc) is 2.61. The molecular weight excluding hydrogens is 192 g/mol. The topological polar surface area (TPSA) is 52.6 Å². The van der Waals surface area contributed by atoms with Crippen LogP contribution in [0.1, 0.15) is 32.1 Å². The molecule has 0 saturated carbocycles. The van der Waals surface area contributed by atoms with Crippen molar-refractivity contribution in [3.8, 4) is 0 Å². The van der Waals surface area contributed by atoms with Crippen molar-refractivity contribution < 1.29 is 9.90 Å². The van der Waals surface area contributed by atoms with E-state index in [1.165, 1.54) is 0 Å². The zero-order valence-corrected chi connectivity index (χ0v) is 9.11. The first kappa shape index (κ1) is 10.9. The lowest BCUT2D eigenvalue weighted by atomic mass is 10.1. The largest absolute Gasteiger partial charge is 0.395 e. The van der Waals surface area contributed by atoms with Crippen molar-refractivity contribution in [3.63, 3.8) is 0 Å². The molecule has 0 bridgehead atoms. The molecule has 0 aromatic heterocycles. The van der Waals surface area contributed by atoms with Gasteiger partial charge in [-0.1, -0.05) is 0 Å². The van der Waals surface area contributed by atoms with Crippen LogP contribution >= 0.6 is 0 Å². The molecule has 0 aliphatic carbocycles. The fourth-order valence-corrected chi connectivity index (χ4v) is 2.70. The summed E-state index contributed by atoms with van der Waals surface area (Å²) in [6.45, 7) is 1.96. The Hall–Kier alpha value is -0.610. The molecule has 2 saturated heterocycles. The number of amides is 1. The van der Waals surface area contributed by atoms with E-state index in [1.54, 1.807) is 0 Å². The highest BCUT2D eigenvalue weighted by atomic mass is 16.3. The zero-order chi connectivity index (χ0) is 10.7. The van der Waals surface area contributed by atoms with Gasteiger partial charge in [0.1, 0.15) is 0 Å². The number of nitrogens with zero attached hydrogens (tertiary/aromatic N) is 1. The maximum atomic E-state index is 11.8. The lowest BCUT2D eigenvalue weighted by Gasteiger charge is -2.30. The van der Waals surface area contributed by atoms with Crippen LogP contribution in [-0.4, -0.2) is 47.7 Å². The minimum atomic E-state index is 0.00662. The molecule has 0 aromatic carbocycles. The maximum absolute atomic E-state index is 11.8. The van der Waals surface area contributed by atoms with E-state index in [9.17, 15) is 9.90 Å². The second-order valence-electron chi connectivity index (χ2n) is 4.52. The van der Waals surface area contributed by atoms with E-state index in [0.29, 0.717) is 0 Å². The molecule has 1 amide bonds. The third-order valence-electron chi connectivity index (χ3n) is 3.54. The van der Waals surface area contributed by atoms with Crippen molar-refractivity contribution >= 4 is 5.91 Å². The number of nitrogens with one attached hydrogen (secondary N) is 1. The summed E-state index contributed by atoms with van der Waals surface area (Å²) < 4.78 is 0. The number of rotatable bonds is 2. The minimum Gasteiger partial charge on any atom is -0.395 e. The second kappa shape index (κ2) is 4.94. The molecule has 2 N–H and O–H groups in total. The third kappa shape index (κ3) is 2.32. The summed E-state index contributed by atoms with van der Waals surface area (Å²) in [7, 11) is 0. The first-order valence-corrected chi connectivity index (χ1v) is 5.97. The van der Waals surface area contributed by atoms with Gasteiger partial charge in [-0.3, -0.25) is 9.69 Å².